The van der Waals surface area contributed by atoms with Crippen molar-refractivity contribution in [1.82, 2.24) is 10.6 Å². The van der Waals surface area contributed by atoms with Gasteiger partial charge in [-0.05, 0) is 23.6 Å². The lowest BCUT2D eigenvalue weighted by molar-refractivity contribution is -0.115. The largest absolute Gasteiger partial charge is 0.376 e. The highest BCUT2D eigenvalue weighted by Crippen LogP contribution is 2.19. The molecule has 10 heteroatoms. The van der Waals surface area contributed by atoms with Crippen molar-refractivity contribution in [2.75, 3.05) is 32.1 Å². The Hall–Kier alpha value is -2.34. The van der Waals surface area contributed by atoms with Gasteiger partial charge in [-0.2, -0.15) is 0 Å². The fourth-order valence-corrected chi connectivity index (χ4v) is 2.48. The van der Waals surface area contributed by atoms with Crippen molar-refractivity contribution in [2.45, 2.75) is 13.5 Å². The number of guanidine groups is 1. The number of rotatable bonds is 9. The van der Waals surface area contributed by atoms with E-state index in [4.69, 9.17) is 4.74 Å². The molecule has 0 saturated heterocycles. The molecule has 1 atom stereocenters. The number of aliphatic imine (C=N–C) groups is 1. The zero-order valence-electron chi connectivity index (χ0n) is 17.3. The standard InChI is InChI=1S/C21H25F3N4O2.HI/c1-14(12-30-13-15-6-4-3-5-7-15)10-26-21(25-2)27-11-18(29)28-17-9-8-16(22)19(23)20(17)24;/h3-9,14H,10-13H2,1-2H3,(H,28,29)(H2,25,26,27);1H. The van der Waals surface area contributed by atoms with Crippen LogP contribution in [0.25, 0.3) is 0 Å². The van der Waals surface area contributed by atoms with Crippen LogP contribution in [0.4, 0.5) is 18.9 Å². The van der Waals surface area contributed by atoms with Crippen LogP contribution in [0, 0.1) is 23.4 Å². The summed E-state index contributed by atoms with van der Waals surface area (Å²) in [5, 5.41) is 8.01. The Labute approximate surface area is 196 Å². The summed E-state index contributed by atoms with van der Waals surface area (Å²) in [5.74, 6) is -4.50. The average molecular weight is 550 g/mol. The van der Waals surface area contributed by atoms with E-state index in [1.165, 1.54) is 0 Å². The van der Waals surface area contributed by atoms with E-state index in [1.807, 2.05) is 37.3 Å². The van der Waals surface area contributed by atoms with Gasteiger partial charge in [0.05, 0.1) is 25.4 Å². The summed E-state index contributed by atoms with van der Waals surface area (Å²) < 4.78 is 45.4. The molecule has 0 aliphatic heterocycles. The van der Waals surface area contributed by atoms with E-state index in [0.29, 0.717) is 25.7 Å². The molecule has 0 heterocycles. The summed E-state index contributed by atoms with van der Waals surface area (Å²) in [6, 6.07) is 11.5. The lowest BCUT2D eigenvalue weighted by Gasteiger charge is -2.16. The Morgan fingerprint density at radius 1 is 1.06 bits per heavy atom. The third-order valence-corrected chi connectivity index (χ3v) is 4.08. The van der Waals surface area contributed by atoms with Crippen LogP contribution in [0.15, 0.2) is 47.5 Å². The summed E-state index contributed by atoms with van der Waals surface area (Å²) in [6.45, 7) is 3.38. The smallest absolute Gasteiger partial charge is 0.243 e. The number of carbonyl (C=O) groups is 1. The van der Waals surface area contributed by atoms with Crippen molar-refractivity contribution in [1.29, 1.82) is 0 Å². The number of hydrogen-bond acceptors (Lipinski definition) is 3. The predicted octanol–water partition coefficient (Wildman–Crippen LogP) is 3.68. The maximum atomic E-state index is 13.6. The van der Waals surface area contributed by atoms with E-state index in [0.717, 1.165) is 17.7 Å². The third kappa shape index (κ3) is 9.13. The van der Waals surface area contributed by atoms with Gasteiger partial charge in [0.25, 0.3) is 0 Å². The second-order valence-electron chi connectivity index (χ2n) is 6.68. The fourth-order valence-electron chi connectivity index (χ4n) is 2.48. The van der Waals surface area contributed by atoms with E-state index in [2.05, 4.69) is 20.9 Å². The highest BCUT2D eigenvalue weighted by atomic mass is 127. The first kappa shape index (κ1) is 26.7. The van der Waals surface area contributed by atoms with E-state index in [1.54, 1.807) is 7.05 Å². The van der Waals surface area contributed by atoms with Gasteiger partial charge in [0.15, 0.2) is 23.4 Å². The molecule has 1 amide bonds. The molecular formula is C21H26F3IN4O2. The number of nitrogens with one attached hydrogen (secondary N) is 3. The van der Waals surface area contributed by atoms with Crippen LogP contribution < -0.4 is 16.0 Å². The van der Waals surface area contributed by atoms with E-state index in [-0.39, 0.29) is 36.4 Å². The molecule has 170 valence electrons. The first-order valence-corrected chi connectivity index (χ1v) is 9.40. The zero-order valence-corrected chi connectivity index (χ0v) is 19.6. The molecule has 0 bridgehead atoms. The van der Waals surface area contributed by atoms with Crippen molar-refractivity contribution in [3.05, 3.63) is 65.5 Å². The number of hydrogen-bond donors (Lipinski definition) is 3. The maximum Gasteiger partial charge on any atom is 0.243 e. The van der Waals surface area contributed by atoms with Gasteiger partial charge < -0.3 is 20.7 Å². The molecule has 31 heavy (non-hydrogen) atoms. The molecule has 6 nitrogen and oxygen atoms in total. The molecule has 0 saturated carbocycles. The first-order chi connectivity index (χ1) is 14.4. The number of benzene rings is 2. The molecule has 0 aromatic heterocycles. The zero-order chi connectivity index (χ0) is 21.9. The third-order valence-electron chi connectivity index (χ3n) is 4.08. The van der Waals surface area contributed by atoms with Crippen LogP contribution in [0.2, 0.25) is 0 Å². The lowest BCUT2D eigenvalue weighted by Crippen LogP contribution is -2.43. The second-order valence-corrected chi connectivity index (χ2v) is 6.68. The van der Waals surface area contributed by atoms with E-state index in [9.17, 15) is 18.0 Å². The average Bonchev–Trinajstić information content (AvgIpc) is 2.75. The molecule has 2 rings (SSSR count). The molecule has 3 N–H and O–H groups in total. The van der Waals surface area contributed by atoms with Crippen LogP contribution in [-0.2, 0) is 16.1 Å². The summed E-state index contributed by atoms with van der Waals surface area (Å²) >= 11 is 0. The van der Waals surface area contributed by atoms with E-state index < -0.39 is 29.0 Å². The van der Waals surface area contributed by atoms with Crippen molar-refractivity contribution >= 4 is 41.5 Å². The minimum absolute atomic E-state index is 0. The highest BCUT2D eigenvalue weighted by molar-refractivity contribution is 14.0. The summed E-state index contributed by atoms with van der Waals surface area (Å²) in [7, 11) is 1.54. The predicted molar refractivity (Wildman–Crippen MR) is 125 cm³/mol. The molecule has 0 aliphatic rings. The van der Waals surface area contributed by atoms with Gasteiger partial charge >= 0.3 is 0 Å². The van der Waals surface area contributed by atoms with Crippen LogP contribution in [0.5, 0.6) is 0 Å². The normalized spacial score (nSPS) is 12.0. The number of nitrogens with zero attached hydrogens (tertiary/aromatic N) is 1. The number of ether oxygens (including phenoxy) is 1. The Bertz CT molecular complexity index is 869. The van der Waals surface area contributed by atoms with Gasteiger partial charge in [0.1, 0.15) is 0 Å². The molecule has 0 radical (unpaired) electrons. The molecule has 1 unspecified atom stereocenters. The number of halogens is 4. The van der Waals surface area contributed by atoms with Gasteiger partial charge in [-0.3, -0.25) is 9.79 Å². The molecule has 2 aromatic rings. The SMILES string of the molecule is CN=C(NCC(=O)Nc1ccc(F)c(F)c1F)NCC(C)COCc1ccccc1.I. The highest BCUT2D eigenvalue weighted by Gasteiger charge is 2.15. The minimum atomic E-state index is -1.64. The van der Waals surface area contributed by atoms with Crippen LogP contribution in [0.1, 0.15) is 12.5 Å². The van der Waals surface area contributed by atoms with Crippen LogP contribution in [-0.4, -0.2) is 38.6 Å². The van der Waals surface area contributed by atoms with Crippen LogP contribution in [0.3, 0.4) is 0 Å². The topological polar surface area (TPSA) is 74.8 Å². The van der Waals surface area contributed by atoms with Crippen molar-refractivity contribution in [3.63, 3.8) is 0 Å². The molecule has 2 aromatic carbocycles. The van der Waals surface area contributed by atoms with Crippen LogP contribution >= 0.6 is 24.0 Å². The molecular weight excluding hydrogens is 524 g/mol. The van der Waals surface area contributed by atoms with Crippen molar-refractivity contribution in [3.8, 4) is 0 Å². The Kier molecular flexibility index (Phi) is 11.9. The van der Waals surface area contributed by atoms with Crippen molar-refractivity contribution in [2.24, 2.45) is 10.9 Å². The summed E-state index contributed by atoms with van der Waals surface area (Å²) in [6.07, 6.45) is 0. The van der Waals surface area contributed by atoms with Gasteiger partial charge in [-0.25, -0.2) is 13.2 Å². The molecule has 0 spiro atoms. The second kappa shape index (κ2) is 13.9. The Morgan fingerprint density at radius 3 is 2.45 bits per heavy atom. The Morgan fingerprint density at radius 2 is 1.77 bits per heavy atom. The minimum Gasteiger partial charge on any atom is -0.376 e. The molecule has 0 aliphatic carbocycles. The first-order valence-electron chi connectivity index (χ1n) is 9.40. The summed E-state index contributed by atoms with van der Waals surface area (Å²) in [5.41, 5.74) is 0.659. The number of carbonyl (C=O) groups excluding carboxylic acids is 1. The van der Waals surface area contributed by atoms with Gasteiger partial charge in [0, 0.05) is 13.6 Å². The Balaban J connectivity index is 0.00000480. The number of anilines is 1. The van der Waals surface area contributed by atoms with Gasteiger partial charge in [-0.1, -0.05) is 37.3 Å². The van der Waals surface area contributed by atoms with E-state index >= 15 is 0 Å². The van der Waals surface area contributed by atoms with Crippen molar-refractivity contribution < 1.29 is 22.7 Å². The summed E-state index contributed by atoms with van der Waals surface area (Å²) in [4.78, 5) is 15.9. The molecule has 0 fully saturated rings. The monoisotopic (exact) mass is 550 g/mol. The fraction of sp³-hybridized carbons (Fsp3) is 0.333. The number of amides is 1. The lowest BCUT2D eigenvalue weighted by atomic mass is 10.2. The van der Waals surface area contributed by atoms with Gasteiger partial charge in [0.2, 0.25) is 5.91 Å². The quantitative estimate of drug-likeness (QED) is 0.193. The maximum absolute atomic E-state index is 13.6. The van der Waals surface area contributed by atoms with Gasteiger partial charge in [-0.15, -0.1) is 24.0 Å².